The van der Waals surface area contributed by atoms with Crippen LogP contribution in [0.4, 0.5) is 0 Å². The SMILES string of the molecule is CCc1ccc(C=C(Cl)[N+](=O)[O-])cc1. The molecule has 0 unspecified atom stereocenters. The van der Waals surface area contributed by atoms with Crippen LogP contribution < -0.4 is 0 Å². The highest BCUT2D eigenvalue weighted by Crippen LogP contribution is 2.12. The largest absolute Gasteiger partial charge is 0.337 e. The molecule has 74 valence electrons. The molecule has 0 spiro atoms. The molecule has 0 aromatic heterocycles. The van der Waals surface area contributed by atoms with E-state index < -0.39 is 4.92 Å². The van der Waals surface area contributed by atoms with E-state index in [0.717, 1.165) is 12.0 Å². The van der Waals surface area contributed by atoms with E-state index in [4.69, 9.17) is 11.6 Å². The quantitative estimate of drug-likeness (QED) is 0.438. The number of benzene rings is 1. The zero-order chi connectivity index (χ0) is 10.6. The molecule has 0 saturated carbocycles. The van der Waals surface area contributed by atoms with Crippen LogP contribution in [0.2, 0.25) is 0 Å². The van der Waals surface area contributed by atoms with Crippen molar-refractivity contribution in [2.24, 2.45) is 0 Å². The number of hydrogen-bond acceptors (Lipinski definition) is 2. The number of nitrogens with zero attached hydrogens (tertiary/aromatic N) is 1. The molecule has 1 aromatic carbocycles. The zero-order valence-electron chi connectivity index (χ0n) is 7.74. The third-order valence-corrected chi connectivity index (χ3v) is 2.10. The molecule has 0 radical (unpaired) electrons. The van der Waals surface area contributed by atoms with Gasteiger partial charge in [-0.2, -0.15) is 0 Å². The van der Waals surface area contributed by atoms with Crippen LogP contribution in [-0.4, -0.2) is 4.92 Å². The summed E-state index contributed by atoms with van der Waals surface area (Å²) in [6.07, 6.45) is 2.29. The Hall–Kier alpha value is -1.35. The van der Waals surface area contributed by atoms with Crippen LogP contribution in [0.5, 0.6) is 0 Å². The highest BCUT2D eigenvalue weighted by molar-refractivity contribution is 6.29. The number of nitro groups is 1. The van der Waals surface area contributed by atoms with E-state index >= 15 is 0 Å². The number of hydrogen-bond donors (Lipinski definition) is 0. The van der Waals surface area contributed by atoms with Gasteiger partial charge >= 0.3 is 5.16 Å². The van der Waals surface area contributed by atoms with Gasteiger partial charge in [0.2, 0.25) is 0 Å². The monoisotopic (exact) mass is 211 g/mol. The van der Waals surface area contributed by atoms with Crippen LogP contribution in [0.25, 0.3) is 6.08 Å². The molecule has 0 saturated heterocycles. The predicted octanol–water partition coefficient (Wildman–Crippen LogP) is 3.06. The third kappa shape index (κ3) is 2.85. The molecule has 0 atom stereocenters. The lowest BCUT2D eigenvalue weighted by Crippen LogP contribution is -1.90. The van der Waals surface area contributed by atoms with Crippen molar-refractivity contribution >= 4 is 17.7 Å². The van der Waals surface area contributed by atoms with Crippen molar-refractivity contribution in [3.63, 3.8) is 0 Å². The average molecular weight is 212 g/mol. The van der Waals surface area contributed by atoms with Gasteiger partial charge in [0.1, 0.15) is 0 Å². The van der Waals surface area contributed by atoms with Crippen molar-refractivity contribution in [2.75, 3.05) is 0 Å². The van der Waals surface area contributed by atoms with Gasteiger partial charge in [-0.25, -0.2) is 0 Å². The standard InChI is InChI=1S/C10H10ClNO2/c1-2-8-3-5-9(6-4-8)7-10(11)12(13)14/h3-7H,2H2,1H3. The minimum atomic E-state index is -0.616. The van der Waals surface area contributed by atoms with E-state index in [1.807, 2.05) is 24.3 Å². The average Bonchev–Trinajstić information content (AvgIpc) is 2.19. The molecule has 0 aliphatic rings. The minimum Gasteiger partial charge on any atom is -0.257 e. The van der Waals surface area contributed by atoms with Gasteiger partial charge in [-0.15, -0.1) is 0 Å². The topological polar surface area (TPSA) is 43.1 Å². The molecule has 0 heterocycles. The Morgan fingerprint density at radius 2 is 2.07 bits per heavy atom. The molecule has 4 heteroatoms. The third-order valence-electron chi connectivity index (χ3n) is 1.85. The Morgan fingerprint density at radius 1 is 1.50 bits per heavy atom. The first-order valence-corrected chi connectivity index (χ1v) is 4.62. The lowest BCUT2D eigenvalue weighted by atomic mass is 10.1. The highest BCUT2D eigenvalue weighted by Gasteiger charge is 2.04. The molecule has 14 heavy (non-hydrogen) atoms. The van der Waals surface area contributed by atoms with Crippen molar-refractivity contribution < 1.29 is 4.92 Å². The van der Waals surface area contributed by atoms with E-state index in [-0.39, 0.29) is 5.16 Å². The van der Waals surface area contributed by atoms with E-state index in [2.05, 4.69) is 6.92 Å². The molecular formula is C10H10ClNO2. The maximum absolute atomic E-state index is 10.2. The summed E-state index contributed by atoms with van der Waals surface area (Å²) in [6.45, 7) is 2.05. The lowest BCUT2D eigenvalue weighted by molar-refractivity contribution is -0.410. The minimum absolute atomic E-state index is 0.366. The smallest absolute Gasteiger partial charge is 0.257 e. The molecule has 1 aromatic rings. The van der Waals surface area contributed by atoms with Crippen LogP contribution in [0.15, 0.2) is 29.4 Å². The number of aryl methyl sites for hydroxylation is 1. The second-order valence-corrected chi connectivity index (χ2v) is 3.21. The van der Waals surface area contributed by atoms with Crippen LogP contribution >= 0.6 is 11.6 Å². The van der Waals surface area contributed by atoms with Gasteiger partial charge in [0.05, 0.1) is 4.92 Å². The summed E-state index contributed by atoms with van der Waals surface area (Å²) in [6, 6.07) is 7.47. The lowest BCUT2D eigenvalue weighted by Gasteiger charge is -1.96. The molecule has 0 amide bonds. The summed E-state index contributed by atoms with van der Waals surface area (Å²) < 4.78 is 0. The normalized spacial score (nSPS) is 11.4. The number of halogens is 1. The van der Waals surface area contributed by atoms with Crippen LogP contribution in [0.3, 0.4) is 0 Å². The Balaban J connectivity index is 2.88. The van der Waals surface area contributed by atoms with Crippen LogP contribution in [0, 0.1) is 10.1 Å². The summed E-state index contributed by atoms with van der Waals surface area (Å²) >= 11 is 5.39. The molecule has 0 aliphatic heterocycles. The van der Waals surface area contributed by atoms with Gasteiger partial charge in [-0.3, -0.25) is 10.1 Å². The second-order valence-electron chi connectivity index (χ2n) is 2.82. The fourth-order valence-electron chi connectivity index (χ4n) is 1.04. The van der Waals surface area contributed by atoms with Crippen molar-refractivity contribution in [1.82, 2.24) is 0 Å². The van der Waals surface area contributed by atoms with Crippen molar-refractivity contribution in [3.05, 3.63) is 50.7 Å². The molecular weight excluding hydrogens is 202 g/mol. The first kappa shape index (κ1) is 10.7. The summed E-state index contributed by atoms with van der Waals surface area (Å²) in [5.74, 6) is 0. The van der Waals surface area contributed by atoms with Crippen molar-refractivity contribution in [3.8, 4) is 0 Å². The van der Waals surface area contributed by atoms with Crippen molar-refractivity contribution in [1.29, 1.82) is 0 Å². The first-order chi connectivity index (χ1) is 6.63. The highest BCUT2D eigenvalue weighted by atomic mass is 35.5. The van der Waals surface area contributed by atoms with Gasteiger partial charge in [0, 0.05) is 6.08 Å². The summed E-state index contributed by atoms with van der Waals surface area (Å²) in [5.41, 5.74) is 1.93. The Morgan fingerprint density at radius 3 is 2.50 bits per heavy atom. The first-order valence-electron chi connectivity index (χ1n) is 4.24. The fourth-order valence-corrected chi connectivity index (χ4v) is 1.17. The van der Waals surface area contributed by atoms with E-state index in [0.29, 0.717) is 0 Å². The van der Waals surface area contributed by atoms with E-state index in [1.54, 1.807) is 0 Å². The molecule has 0 fully saturated rings. The van der Waals surface area contributed by atoms with Gasteiger partial charge in [-0.05, 0) is 29.1 Å². The maximum Gasteiger partial charge on any atom is 0.337 e. The van der Waals surface area contributed by atoms with E-state index in [9.17, 15) is 10.1 Å². The van der Waals surface area contributed by atoms with Gasteiger partial charge in [0.15, 0.2) is 0 Å². The molecule has 0 bridgehead atoms. The summed E-state index contributed by atoms with van der Waals surface area (Å²) in [5, 5.41) is 9.87. The van der Waals surface area contributed by atoms with Crippen LogP contribution in [-0.2, 0) is 6.42 Å². The predicted molar refractivity (Wildman–Crippen MR) is 56.6 cm³/mol. The number of rotatable bonds is 3. The second kappa shape index (κ2) is 4.77. The molecule has 1 rings (SSSR count). The maximum atomic E-state index is 10.2. The van der Waals surface area contributed by atoms with Gasteiger partial charge in [0.25, 0.3) is 0 Å². The molecule has 0 N–H and O–H groups in total. The molecule has 0 aliphatic carbocycles. The van der Waals surface area contributed by atoms with Crippen LogP contribution in [0.1, 0.15) is 18.1 Å². The Kier molecular flexibility index (Phi) is 3.65. The zero-order valence-corrected chi connectivity index (χ0v) is 8.49. The van der Waals surface area contributed by atoms with Gasteiger partial charge in [-0.1, -0.05) is 31.2 Å². The summed E-state index contributed by atoms with van der Waals surface area (Å²) in [4.78, 5) is 9.62. The molecule has 3 nitrogen and oxygen atoms in total. The van der Waals surface area contributed by atoms with E-state index in [1.165, 1.54) is 11.6 Å². The Bertz CT molecular complexity index is 357. The fraction of sp³-hybridized carbons (Fsp3) is 0.200. The summed E-state index contributed by atoms with van der Waals surface area (Å²) in [7, 11) is 0. The van der Waals surface area contributed by atoms with Gasteiger partial charge < -0.3 is 0 Å². The Labute approximate surface area is 87.2 Å². The van der Waals surface area contributed by atoms with Crippen molar-refractivity contribution in [2.45, 2.75) is 13.3 Å².